The van der Waals surface area contributed by atoms with Crippen LogP contribution in [0.4, 0.5) is 14.6 Å². The number of fused-ring (bicyclic) bond motifs is 1. The average Bonchev–Trinajstić information content (AvgIpc) is 2.48. The Balaban J connectivity index is 3.00. The zero-order chi connectivity index (χ0) is 10.3. The number of hydrogen-bond acceptors (Lipinski definition) is 2. The highest BCUT2D eigenvalue weighted by atomic mass is 19.2. The number of halogens is 2. The average molecular weight is 193 g/mol. The Morgan fingerprint density at radius 1 is 1.36 bits per heavy atom. The number of benzene rings is 1. The topological polar surface area (TPSA) is 65.6 Å². The number of nitrogens with two attached hydrogens (primary N) is 1. The molecule has 0 aliphatic rings. The van der Waals surface area contributed by atoms with Crippen LogP contribution in [0.15, 0.2) is 12.1 Å². The van der Waals surface area contributed by atoms with Crippen molar-refractivity contribution < 1.29 is 8.78 Å². The molecule has 0 saturated carbocycles. The minimum Gasteiger partial charge on any atom is -0.384 e. The predicted molar refractivity (Wildman–Crippen MR) is 47.3 cm³/mol. The largest absolute Gasteiger partial charge is 0.384 e. The molecule has 2 aromatic rings. The van der Waals surface area contributed by atoms with Gasteiger partial charge in [-0.3, -0.25) is 0 Å². The monoisotopic (exact) mass is 193 g/mol. The normalized spacial score (nSPS) is 10.4. The molecule has 14 heavy (non-hydrogen) atoms. The standard InChI is InChI=1S/C9H5F2N3/c10-5-1-2-6-7(8(5)11)4(3-12)9(13)14-6/h1-2,14H,13H2. The number of nitrogen functional groups attached to an aromatic ring is 1. The SMILES string of the molecule is N#Cc1c(N)[nH]c2ccc(F)c(F)c12. The maximum absolute atomic E-state index is 13.3. The first-order valence-corrected chi connectivity index (χ1v) is 3.80. The van der Waals surface area contributed by atoms with Crippen LogP contribution in [-0.2, 0) is 0 Å². The van der Waals surface area contributed by atoms with Gasteiger partial charge in [0.2, 0.25) is 0 Å². The van der Waals surface area contributed by atoms with Gasteiger partial charge in [-0.25, -0.2) is 8.78 Å². The third-order valence-electron chi connectivity index (χ3n) is 2.00. The van der Waals surface area contributed by atoms with E-state index in [4.69, 9.17) is 11.0 Å². The van der Waals surface area contributed by atoms with E-state index in [1.807, 2.05) is 0 Å². The molecule has 0 aliphatic carbocycles. The van der Waals surface area contributed by atoms with Gasteiger partial charge in [0.15, 0.2) is 11.6 Å². The molecule has 5 heteroatoms. The Kier molecular flexibility index (Phi) is 1.64. The van der Waals surface area contributed by atoms with Gasteiger partial charge in [0, 0.05) is 0 Å². The van der Waals surface area contributed by atoms with Gasteiger partial charge < -0.3 is 10.7 Å². The summed E-state index contributed by atoms with van der Waals surface area (Å²) in [6, 6.07) is 4.04. The van der Waals surface area contributed by atoms with Crippen LogP contribution in [0.5, 0.6) is 0 Å². The third-order valence-corrected chi connectivity index (χ3v) is 2.00. The van der Waals surface area contributed by atoms with Gasteiger partial charge in [0.05, 0.1) is 10.9 Å². The van der Waals surface area contributed by atoms with Crippen molar-refractivity contribution in [2.45, 2.75) is 0 Å². The third kappa shape index (κ3) is 0.941. The Labute approximate surface area is 77.8 Å². The van der Waals surface area contributed by atoms with Crippen molar-refractivity contribution in [3.63, 3.8) is 0 Å². The summed E-state index contributed by atoms with van der Waals surface area (Å²) in [5.41, 5.74) is 5.67. The molecule has 0 radical (unpaired) electrons. The van der Waals surface area contributed by atoms with Gasteiger partial charge in [0.1, 0.15) is 17.5 Å². The van der Waals surface area contributed by atoms with Crippen molar-refractivity contribution in [2.75, 3.05) is 5.73 Å². The molecule has 1 aromatic carbocycles. The van der Waals surface area contributed by atoms with Crippen LogP contribution in [-0.4, -0.2) is 4.98 Å². The molecule has 2 rings (SSSR count). The van der Waals surface area contributed by atoms with Crippen molar-refractivity contribution in [3.05, 3.63) is 29.3 Å². The highest BCUT2D eigenvalue weighted by Crippen LogP contribution is 2.27. The fraction of sp³-hybridized carbons (Fsp3) is 0. The zero-order valence-corrected chi connectivity index (χ0v) is 6.94. The minimum atomic E-state index is -1.05. The predicted octanol–water partition coefficient (Wildman–Crippen LogP) is 1.90. The van der Waals surface area contributed by atoms with E-state index < -0.39 is 11.6 Å². The molecule has 3 N–H and O–H groups in total. The summed E-state index contributed by atoms with van der Waals surface area (Å²) in [6.07, 6.45) is 0. The first-order valence-electron chi connectivity index (χ1n) is 3.80. The lowest BCUT2D eigenvalue weighted by Gasteiger charge is -1.94. The molecular formula is C9H5F2N3. The van der Waals surface area contributed by atoms with Gasteiger partial charge in [0.25, 0.3) is 0 Å². The first-order chi connectivity index (χ1) is 6.65. The number of H-pyrrole nitrogens is 1. The summed E-state index contributed by atoms with van der Waals surface area (Å²) < 4.78 is 26.1. The quantitative estimate of drug-likeness (QED) is 0.671. The lowest BCUT2D eigenvalue weighted by molar-refractivity contribution is 0.517. The number of nitriles is 1. The van der Waals surface area contributed by atoms with Gasteiger partial charge in [-0.15, -0.1) is 0 Å². The summed E-state index contributed by atoms with van der Waals surface area (Å²) in [4.78, 5) is 2.59. The molecule has 0 aliphatic heterocycles. The van der Waals surface area contributed by atoms with Crippen molar-refractivity contribution in [1.29, 1.82) is 5.26 Å². The molecule has 1 heterocycles. The highest BCUT2D eigenvalue weighted by Gasteiger charge is 2.15. The molecule has 0 fully saturated rings. The zero-order valence-electron chi connectivity index (χ0n) is 6.94. The van der Waals surface area contributed by atoms with Crippen molar-refractivity contribution in [3.8, 4) is 6.07 Å². The van der Waals surface area contributed by atoms with Crippen LogP contribution in [0.25, 0.3) is 10.9 Å². The second-order valence-corrected chi connectivity index (χ2v) is 2.81. The fourth-order valence-corrected chi connectivity index (χ4v) is 1.36. The second kappa shape index (κ2) is 2.70. The van der Waals surface area contributed by atoms with E-state index in [9.17, 15) is 8.78 Å². The molecule has 0 unspecified atom stereocenters. The van der Waals surface area contributed by atoms with Crippen LogP contribution >= 0.6 is 0 Å². The lowest BCUT2D eigenvalue weighted by atomic mass is 10.1. The summed E-state index contributed by atoms with van der Waals surface area (Å²) >= 11 is 0. The van der Waals surface area contributed by atoms with Crippen molar-refractivity contribution >= 4 is 16.7 Å². The maximum Gasteiger partial charge on any atom is 0.169 e. The van der Waals surface area contributed by atoms with Gasteiger partial charge in [-0.05, 0) is 12.1 Å². The molecule has 1 aromatic heterocycles. The van der Waals surface area contributed by atoms with E-state index in [0.717, 1.165) is 6.07 Å². The van der Waals surface area contributed by atoms with E-state index in [1.165, 1.54) is 6.07 Å². The van der Waals surface area contributed by atoms with Crippen LogP contribution in [0.2, 0.25) is 0 Å². The molecular weight excluding hydrogens is 188 g/mol. The molecule has 3 nitrogen and oxygen atoms in total. The molecule has 70 valence electrons. The number of aromatic amines is 1. The van der Waals surface area contributed by atoms with E-state index in [2.05, 4.69) is 4.98 Å². The first kappa shape index (κ1) is 8.51. The van der Waals surface area contributed by atoms with Crippen LogP contribution in [0.3, 0.4) is 0 Å². The Hall–Kier alpha value is -2.09. The second-order valence-electron chi connectivity index (χ2n) is 2.81. The van der Waals surface area contributed by atoms with Gasteiger partial charge in [-0.2, -0.15) is 5.26 Å². The van der Waals surface area contributed by atoms with E-state index in [1.54, 1.807) is 6.07 Å². The lowest BCUT2D eigenvalue weighted by Crippen LogP contribution is -1.88. The molecule has 0 bridgehead atoms. The number of rotatable bonds is 0. The van der Waals surface area contributed by atoms with Gasteiger partial charge in [-0.1, -0.05) is 0 Å². The van der Waals surface area contributed by atoms with E-state index >= 15 is 0 Å². The Morgan fingerprint density at radius 3 is 2.71 bits per heavy atom. The Bertz CT molecular complexity index is 551. The molecule has 0 spiro atoms. The molecule has 0 saturated heterocycles. The summed E-state index contributed by atoms with van der Waals surface area (Å²) in [7, 11) is 0. The Morgan fingerprint density at radius 2 is 2.07 bits per heavy atom. The number of nitrogens with one attached hydrogen (secondary N) is 1. The molecule has 0 amide bonds. The smallest absolute Gasteiger partial charge is 0.169 e. The highest BCUT2D eigenvalue weighted by molar-refractivity contribution is 5.91. The summed E-state index contributed by atoms with van der Waals surface area (Å²) in [5.74, 6) is -1.99. The maximum atomic E-state index is 13.3. The van der Waals surface area contributed by atoms with Gasteiger partial charge >= 0.3 is 0 Å². The van der Waals surface area contributed by atoms with Crippen LogP contribution < -0.4 is 5.73 Å². The summed E-state index contributed by atoms with van der Waals surface area (Å²) in [5, 5.41) is 8.59. The molecule has 0 atom stereocenters. The number of hydrogen-bond donors (Lipinski definition) is 2. The number of aromatic nitrogens is 1. The summed E-state index contributed by atoms with van der Waals surface area (Å²) in [6.45, 7) is 0. The minimum absolute atomic E-state index is 0.0481. The van der Waals surface area contributed by atoms with Crippen molar-refractivity contribution in [1.82, 2.24) is 4.98 Å². The van der Waals surface area contributed by atoms with Crippen LogP contribution in [0, 0.1) is 23.0 Å². The van der Waals surface area contributed by atoms with Crippen LogP contribution in [0.1, 0.15) is 5.56 Å². The van der Waals surface area contributed by atoms with E-state index in [0.29, 0.717) is 5.52 Å². The number of anilines is 1. The van der Waals surface area contributed by atoms with E-state index in [-0.39, 0.29) is 16.8 Å². The van der Waals surface area contributed by atoms with Crippen molar-refractivity contribution in [2.24, 2.45) is 0 Å². The number of nitrogens with zero attached hydrogens (tertiary/aromatic N) is 1. The fourth-order valence-electron chi connectivity index (χ4n) is 1.36.